The molecule has 136 valence electrons. The first-order valence-corrected chi connectivity index (χ1v) is 8.86. The number of carbonyl (C=O) groups excluding carboxylic acids is 2. The van der Waals surface area contributed by atoms with E-state index in [1.165, 1.54) is 12.5 Å². The fraction of sp³-hybridized carbons (Fsp3) is 0.333. The Balaban J connectivity index is 1.77. The normalized spacial score (nSPS) is 13.1. The third-order valence-electron chi connectivity index (χ3n) is 4.74. The molecule has 0 spiro atoms. The van der Waals surface area contributed by atoms with Crippen LogP contribution in [0.5, 0.6) is 5.75 Å². The molecule has 2 amide bonds. The number of para-hydroxylation sites is 2. The maximum Gasteiger partial charge on any atom is 0.246 e. The summed E-state index contributed by atoms with van der Waals surface area (Å²) in [5.74, 6) is 0.534. The second-order valence-corrected chi connectivity index (χ2v) is 6.46. The largest absolute Gasteiger partial charge is 0.496 e. The lowest BCUT2D eigenvalue weighted by molar-refractivity contribution is -0.134. The molecule has 0 radical (unpaired) electrons. The van der Waals surface area contributed by atoms with Crippen molar-refractivity contribution in [2.45, 2.75) is 26.3 Å². The van der Waals surface area contributed by atoms with Gasteiger partial charge in [-0.15, -0.1) is 0 Å². The van der Waals surface area contributed by atoms with Crippen LogP contribution in [0.3, 0.4) is 0 Å². The average Bonchev–Trinajstić information content (AvgIpc) is 2.67. The van der Waals surface area contributed by atoms with E-state index in [-0.39, 0.29) is 18.4 Å². The van der Waals surface area contributed by atoms with Crippen molar-refractivity contribution < 1.29 is 14.3 Å². The summed E-state index contributed by atoms with van der Waals surface area (Å²) in [6.07, 6.45) is 1.92. The highest BCUT2D eigenvalue weighted by Crippen LogP contribution is 2.27. The first-order chi connectivity index (χ1) is 12.6. The van der Waals surface area contributed by atoms with Gasteiger partial charge in [0, 0.05) is 31.3 Å². The van der Waals surface area contributed by atoms with E-state index >= 15 is 0 Å². The quantitative estimate of drug-likeness (QED) is 0.831. The van der Waals surface area contributed by atoms with Crippen LogP contribution in [0.1, 0.15) is 24.5 Å². The number of methoxy groups -OCH3 is 1. The van der Waals surface area contributed by atoms with E-state index in [4.69, 9.17) is 4.74 Å². The summed E-state index contributed by atoms with van der Waals surface area (Å²) in [5, 5.41) is 0. The van der Waals surface area contributed by atoms with Crippen molar-refractivity contribution in [3.63, 3.8) is 0 Å². The zero-order valence-corrected chi connectivity index (χ0v) is 15.3. The lowest BCUT2D eigenvalue weighted by atomic mass is 10.0. The van der Waals surface area contributed by atoms with Crippen molar-refractivity contribution in [1.82, 2.24) is 4.90 Å². The SMILES string of the molecule is COc1ccccc1CN(CC(=O)N1CCCc2ccccc21)C(C)=O. The van der Waals surface area contributed by atoms with Gasteiger partial charge < -0.3 is 14.5 Å². The van der Waals surface area contributed by atoms with Gasteiger partial charge >= 0.3 is 0 Å². The van der Waals surface area contributed by atoms with Gasteiger partial charge in [0.05, 0.1) is 7.11 Å². The summed E-state index contributed by atoms with van der Waals surface area (Å²) in [7, 11) is 1.60. The number of ether oxygens (including phenoxy) is 1. The van der Waals surface area contributed by atoms with Gasteiger partial charge in [-0.3, -0.25) is 9.59 Å². The Morgan fingerprint density at radius 1 is 1.12 bits per heavy atom. The molecule has 0 N–H and O–H groups in total. The first-order valence-electron chi connectivity index (χ1n) is 8.86. The zero-order chi connectivity index (χ0) is 18.5. The van der Waals surface area contributed by atoms with Crippen molar-refractivity contribution in [2.24, 2.45) is 0 Å². The van der Waals surface area contributed by atoms with E-state index in [9.17, 15) is 9.59 Å². The molecular weight excluding hydrogens is 328 g/mol. The smallest absolute Gasteiger partial charge is 0.246 e. The Labute approximate surface area is 154 Å². The molecule has 5 nitrogen and oxygen atoms in total. The van der Waals surface area contributed by atoms with Crippen LogP contribution in [0.15, 0.2) is 48.5 Å². The standard InChI is InChI=1S/C21H24N2O3/c1-16(24)22(14-18-9-4-6-12-20(18)26-2)15-21(25)23-13-7-10-17-8-3-5-11-19(17)23/h3-6,8-9,11-12H,7,10,13-15H2,1-2H3. The van der Waals surface area contributed by atoms with Gasteiger partial charge in [0.25, 0.3) is 0 Å². The number of benzene rings is 2. The molecule has 26 heavy (non-hydrogen) atoms. The van der Waals surface area contributed by atoms with Crippen LogP contribution < -0.4 is 9.64 Å². The van der Waals surface area contributed by atoms with E-state index in [0.717, 1.165) is 29.8 Å². The minimum absolute atomic E-state index is 0.0535. The van der Waals surface area contributed by atoms with Gasteiger partial charge in [-0.1, -0.05) is 36.4 Å². The summed E-state index contributed by atoms with van der Waals surface area (Å²) in [4.78, 5) is 28.4. The van der Waals surface area contributed by atoms with Gasteiger partial charge in [0.1, 0.15) is 12.3 Å². The summed E-state index contributed by atoms with van der Waals surface area (Å²) in [6, 6.07) is 15.5. The van der Waals surface area contributed by atoms with Crippen LogP contribution in [0.2, 0.25) is 0 Å². The fourth-order valence-electron chi connectivity index (χ4n) is 3.36. The molecule has 0 aliphatic carbocycles. The van der Waals surface area contributed by atoms with Crippen LogP contribution in [0.4, 0.5) is 5.69 Å². The molecule has 0 saturated carbocycles. The van der Waals surface area contributed by atoms with E-state index < -0.39 is 0 Å². The molecule has 3 rings (SSSR count). The second-order valence-electron chi connectivity index (χ2n) is 6.46. The number of carbonyl (C=O) groups is 2. The molecule has 5 heteroatoms. The maximum atomic E-state index is 12.9. The minimum atomic E-state index is -0.130. The van der Waals surface area contributed by atoms with E-state index in [2.05, 4.69) is 6.07 Å². The molecule has 0 bridgehead atoms. The van der Waals surface area contributed by atoms with Crippen molar-refractivity contribution in [2.75, 3.05) is 25.1 Å². The monoisotopic (exact) mass is 352 g/mol. The van der Waals surface area contributed by atoms with E-state index in [0.29, 0.717) is 13.1 Å². The topological polar surface area (TPSA) is 49.9 Å². The summed E-state index contributed by atoms with van der Waals surface area (Å²) < 4.78 is 5.36. The predicted molar refractivity (Wildman–Crippen MR) is 101 cm³/mol. The number of anilines is 1. The van der Waals surface area contributed by atoms with Crippen molar-refractivity contribution in [1.29, 1.82) is 0 Å². The van der Waals surface area contributed by atoms with Gasteiger partial charge in [0.15, 0.2) is 0 Å². The molecule has 2 aromatic rings. The lowest BCUT2D eigenvalue weighted by Gasteiger charge is -2.31. The Morgan fingerprint density at radius 3 is 2.62 bits per heavy atom. The number of hydrogen-bond donors (Lipinski definition) is 0. The molecule has 0 fully saturated rings. The van der Waals surface area contributed by atoms with Crippen LogP contribution in [0, 0.1) is 0 Å². The Bertz CT molecular complexity index is 803. The highest BCUT2D eigenvalue weighted by molar-refractivity contribution is 5.97. The molecule has 1 aliphatic heterocycles. The van der Waals surface area contributed by atoms with Crippen LogP contribution in [-0.4, -0.2) is 36.9 Å². The summed E-state index contributed by atoms with van der Waals surface area (Å²) in [6.45, 7) is 2.59. The second kappa shape index (κ2) is 8.04. The van der Waals surface area contributed by atoms with Gasteiger partial charge in [-0.05, 0) is 30.5 Å². The van der Waals surface area contributed by atoms with Crippen LogP contribution >= 0.6 is 0 Å². The molecule has 1 heterocycles. The van der Waals surface area contributed by atoms with Crippen LogP contribution in [-0.2, 0) is 22.6 Å². The molecule has 2 aromatic carbocycles. The first kappa shape index (κ1) is 18.0. The number of amides is 2. The highest BCUT2D eigenvalue weighted by atomic mass is 16.5. The fourth-order valence-corrected chi connectivity index (χ4v) is 3.36. The molecule has 0 atom stereocenters. The van der Waals surface area contributed by atoms with Crippen molar-refractivity contribution in [3.05, 3.63) is 59.7 Å². The number of rotatable bonds is 5. The molecule has 0 unspecified atom stereocenters. The third kappa shape index (κ3) is 3.87. The predicted octanol–water partition coefficient (Wildman–Crippen LogP) is 3.02. The lowest BCUT2D eigenvalue weighted by Crippen LogP contribution is -2.44. The molecule has 0 saturated heterocycles. The van der Waals surface area contributed by atoms with Crippen LogP contribution in [0.25, 0.3) is 0 Å². The number of fused-ring (bicyclic) bond motifs is 1. The van der Waals surface area contributed by atoms with E-state index in [1.807, 2.05) is 42.5 Å². The average molecular weight is 352 g/mol. The van der Waals surface area contributed by atoms with E-state index in [1.54, 1.807) is 16.9 Å². The van der Waals surface area contributed by atoms with Gasteiger partial charge in [-0.2, -0.15) is 0 Å². The minimum Gasteiger partial charge on any atom is -0.496 e. The molecule has 0 aromatic heterocycles. The van der Waals surface area contributed by atoms with Gasteiger partial charge in [0.2, 0.25) is 11.8 Å². The Kier molecular flexibility index (Phi) is 5.56. The summed E-state index contributed by atoms with van der Waals surface area (Å²) in [5.41, 5.74) is 3.03. The maximum absolute atomic E-state index is 12.9. The summed E-state index contributed by atoms with van der Waals surface area (Å²) >= 11 is 0. The van der Waals surface area contributed by atoms with Crippen molar-refractivity contribution >= 4 is 17.5 Å². The Morgan fingerprint density at radius 2 is 1.85 bits per heavy atom. The van der Waals surface area contributed by atoms with Crippen molar-refractivity contribution in [3.8, 4) is 5.75 Å². The molecule has 1 aliphatic rings. The molecular formula is C21H24N2O3. The third-order valence-corrected chi connectivity index (χ3v) is 4.74. The zero-order valence-electron chi connectivity index (χ0n) is 15.3. The number of nitrogens with zero attached hydrogens (tertiary/aromatic N) is 2. The van der Waals surface area contributed by atoms with Gasteiger partial charge in [-0.25, -0.2) is 0 Å². The number of hydrogen-bond acceptors (Lipinski definition) is 3. The highest BCUT2D eigenvalue weighted by Gasteiger charge is 2.25. The Hall–Kier alpha value is -2.82. The number of aryl methyl sites for hydroxylation is 1.